The second-order valence-electron chi connectivity index (χ2n) is 5.06. The monoisotopic (exact) mass is 260 g/mol. The van der Waals surface area contributed by atoms with E-state index in [1.807, 2.05) is 50.2 Å². The van der Waals surface area contributed by atoms with Gasteiger partial charge in [-0.05, 0) is 36.1 Å². The molecule has 0 unspecified atom stereocenters. The first kappa shape index (κ1) is 12.6. The summed E-state index contributed by atoms with van der Waals surface area (Å²) in [6.45, 7) is 3.84. The van der Waals surface area contributed by atoms with Gasteiger partial charge in [-0.1, -0.05) is 60.7 Å². The molecule has 1 aliphatic rings. The van der Waals surface area contributed by atoms with Gasteiger partial charge in [0, 0.05) is 11.1 Å². The molecular weight excluding hydrogens is 244 g/mol. The second kappa shape index (κ2) is 4.93. The van der Waals surface area contributed by atoms with Crippen molar-refractivity contribution in [3.05, 3.63) is 82.9 Å². The van der Waals surface area contributed by atoms with E-state index in [1.54, 1.807) is 0 Å². The summed E-state index contributed by atoms with van der Waals surface area (Å²) in [5, 5.41) is 0. The van der Waals surface area contributed by atoms with Crippen LogP contribution in [0.4, 0.5) is 0 Å². The molecule has 1 aliphatic carbocycles. The molecule has 0 bridgehead atoms. The number of carbonyl (C=O) groups excluding carboxylic acids is 1. The molecule has 20 heavy (non-hydrogen) atoms. The van der Waals surface area contributed by atoms with Crippen molar-refractivity contribution in [1.82, 2.24) is 0 Å². The number of hydrogen-bond donors (Lipinski definition) is 0. The summed E-state index contributed by atoms with van der Waals surface area (Å²) in [5.41, 5.74) is 6.03. The molecule has 2 aromatic carbocycles. The SMILES string of the molecule is CC1=C(c2ccccc2)C(c2ccccc2)=C(C)C1=O. The summed E-state index contributed by atoms with van der Waals surface area (Å²) < 4.78 is 0. The van der Waals surface area contributed by atoms with Crippen molar-refractivity contribution in [1.29, 1.82) is 0 Å². The third-order valence-corrected chi connectivity index (χ3v) is 3.81. The lowest BCUT2D eigenvalue weighted by atomic mass is 9.92. The Morgan fingerprint density at radius 2 is 0.950 bits per heavy atom. The molecule has 98 valence electrons. The van der Waals surface area contributed by atoms with E-state index in [2.05, 4.69) is 24.3 Å². The number of Topliss-reactive ketones (excluding diaryl/α,β-unsaturated/α-hetero) is 1. The zero-order chi connectivity index (χ0) is 14.1. The van der Waals surface area contributed by atoms with Gasteiger partial charge in [0.05, 0.1) is 0 Å². The number of carbonyl (C=O) groups is 1. The number of ketones is 1. The van der Waals surface area contributed by atoms with Gasteiger partial charge in [0.25, 0.3) is 0 Å². The Kier molecular flexibility index (Phi) is 3.11. The van der Waals surface area contributed by atoms with Crippen LogP contribution in [0, 0.1) is 0 Å². The summed E-state index contributed by atoms with van der Waals surface area (Å²) in [7, 11) is 0. The fourth-order valence-corrected chi connectivity index (χ4v) is 2.81. The Labute approximate surface area is 119 Å². The highest BCUT2D eigenvalue weighted by Gasteiger charge is 2.28. The zero-order valence-corrected chi connectivity index (χ0v) is 11.7. The van der Waals surface area contributed by atoms with Gasteiger partial charge < -0.3 is 0 Å². The van der Waals surface area contributed by atoms with E-state index < -0.39 is 0 Å². The molecule has 0 aromatic heterocycles. The number of benzene rings is 2. The third kappa shape index (κ3) is 1.92. The molecule has 0 heterocycles. The lowest BCUT2D eigenvalue weighted by Gasteiger charge is -2.11. The average molecular weight is 260 g/mol. The topological polar surface area (TPSA) is 17.1 Å². The molecule has 2 aromatic rings. The molecular formula is C19H16O. The van der Waals surface area contributed by atoms with Gasteiger partial charge in [-0.3, -0.25) is 4.79 Å². The Balaban J connectivity index is 2.24. The molecule has 3 rings (SSSR count). The van der Waals surface area contributed by atoms with Gasteiger partial charge in [0.1, 0.15) is 0 Å². The molecule has 0 aliphatic heterocycles. The van der Waals surface area contributed by atoms with Crippen molar-refractivity contribution in [3.8, 4) is 0 Å². The van der Waals surface area contributed by atoms with Gasteiger partial charge >= 0.3 is 0 Å². The summed E-state index contributed by atoms with van der Waals surface area (Å²) in [6.07, 6.45) is 0. The highest BCUT2D eigenvalue weighted by Crippen LogP contribution is 2.42. The van der Waals surface area contributed by atoms with Crippen molar-refractivity contribution in [2.45, 2.75) is 13.8 Å². The second-order valence-corrected chi connectivity index (χ2v) is 5.06. The quantitative estimate of drug-likeness (QED) is 0.776. The van der Waals surface area contributed by atoms with Crippen LogP contribution in [0.3, 0.4) is 0 Å². The number of allylic oxidation sites excluding steroid dienone is 4. The van der Waals surface area contributed by atoms with Gasteiger partial charge in [-0.25, -0.2) is 0 Å². The van der Waals surface area contributed by atoms with E-state index in [1.165, 1.54) is 0 Å². The molecule has 0 amide bonds. The van der Waals surface area contributed by atoms with Crippen LogP contribution in [0.2, 0.25) is 0 Å². The first-order valence-electron chi connectivity index (χ1n) is 6.78. The maximum absolute atomic E-state index is 12.4. The molecule has 0 atom stereocenters. The van der Waals surface area contributed by atoms with Gasteiger partial charge in [-0.15, -0.1) is 0 Å². The van der Waals surface area contributed by atoms with E-state index in [-0.39, 0.29) is 5.78 Å². The van der Waals surface area contributed by atoms with E-state index >= 15 is 0 Å². The van der Waals surface area contributed by atoms with Gasteiger partial charge in [0.2, 0.25) is 0 Å². The highest BCUT2D eigenvalue weighted by molar-refractivity contribution is 6.31. The number of hydrogen-bond acceptors (Lipinski definition) is 1. The smallest absolute Gasteiger partial charge is 0.185 e. The number of rotatable bonds is 2. The van der Waals surface area contributed by atoms with Gasteiger partial charge in [-0.2, -0.15) is 0 Å². The van der Waals surface area contributed by atoms with E-state index in [0.717, 1.165) is 33.4 Å². The van der Waals surface area contributed by atoms with Crippen LogP contribution in [0.5, 0.6) is 0 Å². The van der Waals surface area contributed by atoms with Crippen LogP contribution in [0.1, 0.15) is 25.0 Å². The molecule has 0 radical (unpaired) electrons. The summed E-state index contributed by atoms with van der Waals surface area (Å²) in [4.78, 5) is 12.4. The maximum atomic E-state index is 12.4. The average Bonchev–Trinajstić information content (AvgIpc) is 2.73. The molecule has 1 heteroatoms. The van der Waals surface area contributed by atoms with Crippen LogP contribution < -0.4 is 0 Å². The van der Waals surface area contributed by atoms with Crippen molar-refractivity contribution in [2.24, 2.45) is 0 Å². The Hall–Kier alpha value is -2.41. The Morgan fingerprint density at radius 3 is 1.30 bits per heavy atom. The highest BCUT2D eigenvalue weighted by atomic mass is 16.1. The molecule has 0 saturated carbocycles. The van der Waals surface area contributed by atoms with Crippen LogP contribution in [0.15, 0.2) is 71.8 Å². The van der Waals surface area contributed by atoms with Crippen LogP contribution >= 0.6 is 0 Å². The predicted octanol–water partition coefficient (Wildman–Crippen LogP) is 4.52. The summed E-state index contributed by atoms with van der Waals surface area (Å²) in [5.74, 6) is 0.155. The summed E-state index contributed by atoms with van der Waals surface area (Å²) >= 11 is 0. The first-order valence-corrected chi connectivity index (χ1v) is 6.78. The van der Waals surface area contributed by atoms with Crippen LogP contribution in [-0.4, -0.2) is 5.78 Å². The minimum Gasteiger partial charge on any atom is -0.289 e. The van der Waals surface area contributed by atoms with E-state index in [4.69, 9.17) is 0 Å². The minimum absolute atomic E-state index is 0.155. The third-order valence-electron chi connectivity index (χ3n) is 3.81. The van der Waals surface area contributed by atoms with Crippen LogP contribution in [-0.2, 0) is 4.79 Å². The normalized spacial score (nSPS) is 15.2. The van der Waals surface area contributed by atoms with E-state index in [9.17, 15) is 4.79 Å². The largest absolute Gasteiger partial charge is 0.289 e. The van der Waals surface area contributed by atoms with Crippen molar-refractivity contribution < 1.29 is 4.79 Å². The maximum Gasteiger partial charge on any atom is 0.185 e. The molecule has 0 N–H and O–H groups in total. The van der Waals surface area contributed by atoms with Crippen molar-refractivity contribution in [2.75, 3.05) is 0 Å². The Morgan fingerprint density at radius 1 is 0.600 bits per heavy atom. The fourth-order valence-electron chi connectivity index (χ4n) is 2.81. The molecule has 1 nitrogen and oxygen atoms in total. The summed E-state index contributed by atoms with van der Waals surface area (Å²) in [6, 6.07) is 20.3. The molecule has 0 spiro atoms. The Bertz CT molecular complexity index is 655. The fraction of sp³-hybridized carbons (Fsp3) is 0.105. The standard InChI is InChI=1S/C19H16O/c1-13-17(15-9-5-3-6-10-15)18(14(2)19(13)20)16-11-7-4-8-12-16/h3-12H,1-2H3. The lowest BCUT2D eigenvalue weighted by Crippen LogP contribution is -1.95. The van der Waals surface area contributed by atoms with Crippen LogP contribution in [0.25, 0.3) is 11.1 Å². The van der Waals surface area contributed by atoms with Gasteiger partial charge in [0.15, 0.2) is 5.78 Å². The first-order chi connectivity index (χ1) is 9.70. The minimum atomic E-state index is 0.155. The molecule has 0 saturated heterocycles. The van der Waals surface area contributed by atoms with E-state index in [0.29, 0.717) is 0 Å². The van der Waals surface area contributed by atoms with Crippen molar-refractivity contribution in [3.63, 3.8) is 0 Å². The predicted molar refractivity (Wildman–Crippen MR) is 83.1 cm³/mol. The zero-order valence-electron chi connectivity index (χ0n) is 11.7. The van der Waals surface area contributed by atoms with Crippen molar-refractivity contribution >= 4 is 16.9 Å². The molecule has 0 fully saturated rings. The lowest BCUT2D eigenvalue weighted by molar-refractivity contribution is -0.111.